The maximum absolute atomic E-state index is 12.0. The summed E-state index contributed by atoms with van der Waals surface area (Å²) in [5.74, 6) is -0.316. The summed E-state index contributed by atoms with van der Waals surface area (Å²) < 4.78 is 16.9. The molecule has 1 saturated heterocycles. The number of anilines is 2. The predicted molar refractivity (Wildman–Crippen MR) is 142 cm³/mol. The first kappa shape index (κ1) is 27.0. The molecule has 0 unspecified atom stereocenters. The van der Waals surface area contributed by atoms with Crippen molar-refractivity contribution in [3.63, 3.8) is 0 Å². The van der Waals surface area contributed by atoms with Crippen LogP contribution < -0.4 is 10.1 Å². The Morgan fingerprint density at radius 2 is 1.68 bits per heavy atom. The molecule has 1 aromatic heterocycles. The quantitative estimate of drug-likeness (QED) is 0.325. The number of carboxylic acid groups (broad SMARTS) is 1. The minimum atomic E-state index is -1.08. The number of carbonyl (C=O) groups is 2. The number of aryl methyl sites for hydroxylation is 1. The van der Waals surface area contributed by atoms with E-state index in [1.807, 2.05) is 69.3 Å². The summed E-state index contributed by atoms with van der Waals surface area (Å²) >= 11 is 0. The molecule has 0 saturated carbocycles. The van der Waals surface area contributed by atoms with E-state index in [4.69, 9.17) is 14.2 Å². The fourth-order valence-electron chi connectivity index (χ4n) is 3.92. The van der Waals surface area contributed by atoms with Crippen LogP contribution in [0.25, 0.3) is 0 Å². The number of ether oxygens (including phenoxy) is 3. The number of hydrogen-bond acceptors (Lipinski definition) is 7. The van der Waals surface area contributed by atoms with Gasteiger partial charge in [-0.3, -0.25) is 5.10 Å². The molecule has 4 rings (SSSR count). The summed E-state index contributed by atoms with van der Waals surface area (Å²) in [6.07, 6.45) is 0.461. The highest BCUT2D eigenvalue weighted by Crippen LogP contribution is 2.24. The number of hydrogen-bond donors (Lipinski definition) is 3. The number of amides is 1. The monoisotopic (exact) mass is 522 g/mol. The first-order valence-corrected chi connectivity index (χ1v) is 12.5. The zero-order valence-corrected chi connectivity index (χ0v) is 22.1. The lowest BCUT2D eigenvalue weighted by atomic mass is 10.0. The van der Waals surface area contributed by atoms with Crippen molar-refractivity contribution in [1.29, 1.82) is 0 Å². The molecule has 0 bridgehead atoms. The maximum atomic E-state index is 12.0. The van der Waals surface area contributed by atoms with Gasteiger partial charge in [0.2, 0.25) is 0 Å². The number of aromatic nitrogens is 2. The molecule has 1 amide bonds. The van der Waals surface area contributed by atoms with Crippen molar-refractivity contribution in [3.8, 4) is 5.75 Å². The normalized spacial score (nSPS) is 13.6. The third kappa shape index (κ3) is 7.25. The molecule has 0 radical (unpaired) electrons. The van der Waals surface area contributed by atoms with Crippen LogP contribution in [0.15, 0.2) is 48.5 Å². The van der Waals surface area contributed by atoms with E-state index in [9.17, 15) is 14.7 Å². The number of H-pyrrole nitrogens is 1. The largest absolute Gasteiger partial charge is 0.491 e. The summed E-state index contributed by atoms with van der Waals surface area (Å²) in [6.45, 7) is 9.26. The minimum absolute atomic E-state index is 0.0121. The minimum Gasteiger partial charge on any atom is -0.491 e. The zero-order chi connectivity index (χ0) is 27.3. The second-order valence-electron chi connectivity index (χ2n) is 10.2. The molecule has 1 fully saturated rings. The number of aromatic carboxylic acids is 1. The molecule has 3 aromatic rings. The highest BCUT2D eigenvalue weighted by atomic mass is 16.6. The van der Waals surface area contributed by atoms with Gasteiger partial charge in [0.15, 0.2) is 5.69 Å². The van der Waals surface area contributed by atoms with Crippen molar-refractivity contribution in [1.82, 2.24) is 15.1 Å². The summed E-state index contributed by atoms with van der Waals surface area (Å²) in [5, 5.41) is 18.9. The Labute approximate surface area is 221 Å². The molecule has 2 heterocycles. The number of benzene rings is 2. The number of nitrogens with zero attached hydrogens (tertiary/aromatic N) is 2. The Morgan fingerprint density at radius 1 is 1.05 bits per heavy atom. The lowest BCUT2D eigenvalue weighted by molar-refractivity contribution is -0.0679. The average Bonchev–Trinajstić information content (AvgIpc) is 3.19. The molecule has 10 heteroatoms. The van der Waals surface area contributed by atoms with E-state index in [1.165, 1.54) is 0 Å². The van der Waals surface area contributed by atoms with Crippen LogP contribution in [0.3, 0.4) is 0 Å². The number of rotatable bonds is 10. The fourth-order valence-corrected chi connectivity index (χ4v) is 3.92. The molecule has 0 aliphatic carbocycles. The third-order valence-corrected chi connectivity index (χ3v) is 5.91. The standard InChI is InChI=1S/C28H34N4O6/c1-18-24(25(26(33)34)31-30-18)29-21-9-5-19(6-10-21)15-20-7-11-22(12-8-20)36-13-14-37-23-16-32(17-23)27(35)38-28(2,3)4/h5-12,23,29H,13-17H2,1-4H3,(H,30,31)(H,33,34). The predicted octanol–water partition coefficient (Wildman–Crippen LogP) is 4.77. The zero-order valence-electron chi connectivity index (χ0n) is 22.1. The Balaban J connectivity index is 1.17. The second kappa shape index (κ2) is 11.6. The van der Waals surface area contributed by atoms with Gasteiger partial charge in [-0.05, 0) is 69.5 Å². The number of carbonyl (C=O) groups excluding carboxylic acids is 1. The van der Waals surface area contributed by atoms with Crippen LogP contribution in [0.1, 0.15) is 48.1 Å². The van der Waals surface area contributed by atoms with Crippen molar-refractivity contribution in [2.45, 2.75) is 45.8 Å². The van der Waals surface area contributed by atoms with E-state index < -0.39 is 11.6 Å². The van der Waals surface area contributed by atoms with Gasteiger partial charge in [-0.1, -0.05) is 24.3 Å². The molecule has 0 atom stereocenters. The Morgan fingerprint density at radius 3 is 2.29 bits per heavy atom. The van der Waals surface area contributed by atoms with Crippen molar-refractivity contribution >= 4 is 23.4 Å². The molecule has 0 spiro atoms. The van der Waals surface area contributed by atoms with Gasteiger partial charge in [0.05, 0.1) is 37.2 Å². The van der Waals surface area contributed by atoms with Gasteiger partial charge >= 0.3 is 12.1 Å². The molecule has 38 heavy (non-hydrogen) atoms. The maximum Gasteiger partial charge on any atom is 0.410 e. The van der Waals surface area contributed by atoms with Crippen LogP contribution in [-0.4, -0.2) is 70.3 Å². The number of likely N-dealkylation sites (tertiary alicyclic amines) is 1. The molecule has 202 valence electrons. The Kier molecular flexibility index (Phi) is 8.21. The lowest BCUT2D eigenvalue weighted by Crippen LogP contribution is -2.56. The van der Waals surface area contributed by atoms with Crippen LogP contribution in [0, 0.1) is 6.92 Å². The third-order valence-electron chi connectivity index (χ3n) is 5.91. The van der Waals surface area contributed by atoms with Crippen molar-refractivity contribution in [2.75, 3.05) is 31.6 Å². The first-order chi connectivity index (χ1) is 18.1. The fraction of sp³-hybridized carbons (Fsp3) is 0.393. The Hall–Kier alpha value is -4.05. The van der Waals surface area contributed by atoms with Crippen LogP contribution in [0.2, 0.25) is 0 Å². The van der Waals surface area contributed by atoms with Crippen LogP contribution >= 0.6 is 0 Å². The molecule has 1 aliphatic heterocycles. The van der Waals surface area contributed by atoms with E-state index in [0.717, 1.165) is 29.0 Å². The van der Waals surface area contributed by atoms with Gasteiger partial charge in [0.25, 0.3) is 0 Å². The summed E-state index contributed by atoms with van der Waals surface area (Å²) in [6, 6.07) is 15.8. The SMILES string of the molecule is Cc1[nH]nc(C(=O)O)c1Nc1ccc(Cc2ccc(OCCOC3CN(C(=O)OC(C)(C)C)C3)cc2)cc1. The summed E-state index contributed by atoms with van der Waals surface area (Å²) in [7, 11) is 0. The van der Waals surface area contributed by atoms with Crippen molar-refractivity contribution < 1.29 is 28.9 Å². The van der Waals surface area contributed by atoms with Crippen LogP contribution in [0.5, 0.6) is 5.75 Å². The molecular weight excluding hydrogens is 488 g/mol. The topological polar surface area (TPSA) is 126 Å². The Bertz CT molecular complexity index is 1240. The van der Waals surface area contributed by atoms with E-state index in [-0.39, 0.29) is 17.9 Å². The van der Waals surface area contributed by atoms with Gasteiger partial charge in [-0.2, -0.15) is 5.10 Å². The molecular formula is C28H34N4O6. The molecule has 3 N–H and O–H groups in total. The van der Waals surface area contributed by atoms with Gasteiger partial charge in [-0.25, -0.2) is 9.59 Å². The highest BCUT2D eigenvalue weighted by molar-refractivity contribution is 5.93. The van der Waals surface area contributed by atoms with Crippen LogP contribution in [-0.2, 0) is 15.9 Å². The second-order valence-corrected chi connectivity index (χ2v) is 10.2. The summed E-state index contributed by atoms with van der Waals surface area (Å²) in [5.41, 5.74) is 3.64. The van der Waals surface area contributed by atoms with Gasteiger partial charge in [0.1, 0.15) is 18.0 Å². The molecule has 1 aliphatic rings. The van der Waals surface area contributed by atoms with E-state index >= 15 is 0 Å². The van der Waals surface area contributed by atoms with E-state index in [2.05, 4.69) is 15.5 Å². The highest BCUT2D eigenvalue weighted by Gasteiger charge is 2.34. The van der Waals surface area contributed by atoms with E-state index in [0.29, 0.717) is 37.7 Å². The summed E-state index contributed by atoms with van der Waals surface area (Å²) in [4.78, 5) is 24.9. The van der Waals surface area contributed by atoms with Gasteiger partial charge in [0, 0.05) is 5.69 Å². The van der Waals surface area contributed by atoms with Gasteiger partial charge < -0.3 is 29.5 Å². The molecule has 10 nitrogen and oxygen atoms in total. The van der Waals surface area contributed by atoms with E-state index in [1.54, 1.807) is 11.8 Å². The lowest BCUT2D eigenvalue weighted by Gasteiger charge is -2.39. The average molecular weight is 523 g/mol. The smallest absolute Gasteiger partial charge is 0.410 e. The van der Waals surface area contributed by atoms with Crippen molar-refractivity contribution in [2.24, 2.45) is 0 Å². The first-order valence-electron chi connectivity index (χ1n) is 12.5. The number of nitrogens with one attached hydrogen (secondary N) is 2. The van der Waals surface area contributed by atoms with Crippen LogP contribution in [0.4, 0.5) is 16.2 Å². The number of carboxylic acids is 1. The number of aromatic amines is 1. The van der Waals surface area contributed by atoms with Crippen molar-refractivity contribution in [3.05, 3.63) is 71.0 Å². The van der Waals surface area contributed by atoms with Gasteiger partial charge in [-0.15, -0.1) is 0 Å². The molecule has 2 aromatic carbocycles.